The van der Waals surface area contributed by atoms with Crippen molar-refractivity contribution >= 4 is 28.4 Å². The smallest absolute Gasteiger partial charge is 0.227 e. The zero-order valence-corrected chi connectivity index (χ0v) is 22.3. The van der Waals surface area contributed by atoms with E-state index in [2.05, 4.69) is 59.0 Å². The Morgan fingerprint density at radius 3 is 2.97 bits per heavy atom. The number of amides is 1. The topological polar surface area (TPSA) is 48.6 Å². The number of nitrogens with one attached hydrogen (secondary N) is 1. The molecule has 1 saturated heterocycles. The molecule has 192 valence electrons. The number of likely N-dealkylation sites (tertiary alicyclic amines) is 1. The number of fused-ring (bicyclic) bond motifs is 2. The Kier molecular flexibility index (Phi) is 7.87. The second-order valence-electron chi connectivity index (χ2n) is 10.9. The van der Waals surface area contributed by atoms with E-state index < -0.39 is 0 Å². The van der Waals surface area contributed by atoms with E-state index in [-0.39, 0.29) is 11.8 Å². The van der Waals surface area contributed by atoms with Gasteiger partial charge in [-0.05, 0) is 78.8 Å². The van der Waals surface area contributed by atoms with Gasteiger partial charge in [-0.1, -0.05) is 49.7 Å². The molecule has 3 aromatic rings. The Morgan fingerprint density at radius 2 is 2.11 bits per heavy atom. The minimum absolute atomic E-state index is 0.0278. The van der Waals surface area contributed by atoms with Crippen LogP contribution in [0.1, 0.15) is 56.2 Å². The summed E-state index contributed by atoms with van der Waals surface area (Å²) in [5.41, 5.74) is 4.78. The maximum atomic E-state index is 13.9. The molecule has 6 heteroatoms. The fourth-order valence-electron chi connectivity index (χ4n) is 5.82. The largest absolute Gasteiger partial charge is 0.492 e. The number of nitrogens with zero attached hydrogens (tertiary/aromatic N) is 2. The minimum Gasteiger partial charge on any atom is -0.492 e. The van der Waals surface area contributed by atoms with Crippen LogP contribution in [-0.2, 0) is 24.3 Å². The summed E-state index contributed by atoms with van der Waals surface area (Å²) in [5, 5.41) is 1.91. The second-order valence-corrected chi connectivity index (χ2v) is 11.3. The van der Waals surface area contributed by atoms with Crippen LogP contribution in [-0.4, -0.2) is 46.9 Å². The Morgan fingerprint density at radius 1 is 1.22 bits per heavy atom. The Balaban J connectivity index is 1.30. The number of hydrogen-bond donors (Lipinski definition) is 1. The highest BCUT2D eigenvalue weighted by Gasteiger charge is 2.30. The molecule has 1 fully saturated rings. The lowest BCUT2D eigenvalue weighted by molar-refractivity contribution is -0.138. The highest BCUT2D eigenvalue weighted by Crippen LogP contribution is 2.34. The number of piperidine rings is 1. The van der Waals surface area contributed by atoms with E-state index in [1.54, 1.807) is 0 Å². The van der Waals surface area contributed by atoms with E-state index in [0.717, 1.165) is 76.2 Å². The molecule has 36 heavy (non-hydrogen) atoms. The lowest BCUT2D eigenvalue weighted by atomic mass is 9.95. The monoisotopic (exact) mass is 507 g/mol. The third kappa shape index (κ3) is 5.73. The summed E-state index contributed by atoms with van der Waals surface area (Å²) in [7, 11) is 0. The van der Waals surface area contributed by atoms with Gasteiger partial charge < -0.3 is 14.6 Å². The number of H-pyrrole nitrogens is 1. The molecule has 0 bridgehead atoms. The highest BCUT2D eigenvalue weighted by molar-refractivity contribution is 6.32. The van der Waals surface area contributed by atoms with Crippen molar-refractivity contribution in [2.75, 3.05) is 26.2 Å². The fraction of sp³-hybridized carbons (Fsp3) is 0.500. The van der Waals surface area contributed by atoms with Gasteiger partial charge in [-0.15, -0.1) is 0 Å². The number of aryl methyl sites for hydroxylation is 1. The lowest BCUT2D eigenvalue weighted by Crippen LogP contribution is -2.45. The van der Waals surface area contributed by atoms with Gasteiger partial charge >= 0.3 is 0 Å². The summed E-state index contributed by atoms with van der Waals surface area (Å²) >= 11 is 6.63. The minimum atomic E-state index is 0.0278. The molecule has 0 saturated carbocycles. The van der Waals surface area contributed by atoms with Crippen molar-refractivity contribution in [3.63, 3.8) is 0 Å². The maximum Gasteiger partial charge on any atom is 0.227 e. The first-order valence-electron chi connectivity index (χ1n) is 13.5. The SMILES string of the molecule is CC(C)CN(Cc1cc(Cl)c2c(c1)CCCCO2)C(=O)[C@@H]1CCCN(Cc2cccc3cc[nH]c23)C1. The van der Waals surface area contributed by atoms with Gasteiger partial charge in [0.1, 0.15) is 5.75 Å². The van der Waals surface area contributed by atoms with Gasteiger partial charge in [-0.3, -0.25) is 9.69 Å². The highest BCUT2D eigenvalue weighted by atomic mass is 35.5. The molecule has 2 aliphatic heterocycles. The summed E-state index contributed by atoms with van der Waals surface area (Å²) in [4.78, 5) is 21.8. The molecule has 1 atom stereocenters. The third-order valence-corrected chi connectivity index (χ3v) is 7.74. The molecule has 0 spiro atoms. The van der Waals surface area contributed by atoms with Crippen LogP contribution >= 0.6 is 11.6 Å². The first-order chi connectivity index (χ1) is 17.5. The molecule has 1 aromatic heterocycles. The molecule has 5 rings (SSSR count). The molecule has 3 heterocycles. The molecule has 0 aliphatic carbocycles. The lowest BCUT2D eigenvalue weighted by Gasteiger charge is -2.36. The average Bonchev–Trinajstić information content (AvgIpc) is 3.22. The molecular weight excluding hydrogens is 470 g/mol. The third-order valence-electron chi connectivity index (χ3n) is 7.46. The number of rotatable bonds is 7. The van der Waals surface area contributed by atoms with Crippen LogP contribution in [0.15, 0.2) is 42.6 Å². The molecular formula is C30H38ClN3O2. The summed E-state index contributed by atoms with van der Waals surface area (Å²) < 4.78 is 5.91. The summed E-state index contributed by atoms with van der Waals surface area (Å²) in [5.74, 6) is 1.53. The van der Waals surface area contributed by atoms with E-state index in [1.165, 1.54) is 22.0 Å². The zero-order chi connectivity index (χ0) is 25.1. The first-order valence-corrected chi connectivity index (χ1v) is 13.9. The van der Waals surface area contributed by atoms with Gasteiger partial charge in [0.2, 0.25) is 5.91 Å². The van der Waals surface area contributed by atoms with Crippen LogP contribution in [0.4, 0.5) is 0 Å². The van der Waals surface area contributed by atoms with E-state index in [0.29, 0.717) is 17.5 Å². The molecule has 0 radical (unpaired) electrons. The molecule has 0 unspecified atom stereocenters. The van der Waals surface area contributed by atoms with E-state index >= 15 is 0 Å². The fourth-order valence-corrected chi connectivity index (χ4v) is 6.13. The van der Waals surface area contributed by atoms with Crippen molar-refractivity contribution < 1.29 is 9.53 Å². The van der Waals surface area contributed by atoms with Gasteiger partial charge in [0.25, 0.3) is 0 Å². The van der Waals surface area contributed by atoms with Crippen LogP contribution in [0.5, 0.6) is 5.75 Å². The van der Waals surface area contributed by atoms with Gasteiger partial charge in [0, 0.05) is 37.9 Å². The van der Waals surface area contributed by atoms with Crippen LogP contribution < -0.4 is 4.74 Å². The Labute approximate surface area is 219 Å². The van der Waals surface area contributed by atoms with Gasteiger partial charge in [-0.2, -0.15) is 0 Å². The van der Waals surface area contributed by atoms with E-state index in [1.807, 2.05) is 12.3 Å². The summed E-state index contributed by atoms with van der Waals surface area (Å²) in [6.07, 6.45) is 7.14. The number of hydrogen-bond acceptors (Lipinski definition) is 3. The average molecular weight is 508 g/mol. The van der Waals surface area contributed by atoms with Crippen molar-refractivity contribution in [1.29, 1.82) is 0 Å². The number of carbonyl (C=O) groups excluding carboxylic acids is 1. The number of halogens is 1. The summed E-state index contributed by atoms with van der Waals surface area (Å²) in [6.45, 7) is 9.15. The molecule has 1 amide bonds. The maximum absolute atomic E-state index is 13.9. The van der Waals surface area contributed by atoms with Crippen molar-refractivity contribution in [2.45, 2.75) is 59.0 Å². The number of para-hydroxylation sites is 1. The van der Waals surface area contributed by atoms with Crippen LogP contribution in [0.2, 0.25) is 5.02 Å². The van der Waals surface area contributed by atoms with Crippen molar-refractivity contribution in [3.05, 3.63) is 64.3 Å². The standard InChI is InChI=1S/C30H38ClN3O2/c1-21(2)17-34(18-22-15-24-7-3-4-14-36-29(24)27(31)16-22)30(35)26-10-6-13-33(20-26)19-25-9-5-8-23-11-12-32-28(23)25/h5,8-9,11-12,15-16,21,26,32H,3-4,6-7,10,13-14,17-20H2,1-2H3/t26-/m1/s1. The quantitative estimate of drug-likeness (QED) is 0.400. The van der Waals surface area contributed by atoms with Gasteiger partial charge in [-0.25, -0.2) is 0 Å². The van der Waals surface area contributed by atoms with Gasteiger partial charge in [0.15, 0.2) is 0 Å². The van der Waals surface area contributed by atoms with Crippen molar-refractivity contribution in [1.82, 2.24) is 14.8 Å². The Hall–Kier alpha value is -2.50. The summed E-state index contributed by atoms with van der Waals surface area (Å²) in [6, 6.07) is 12.8. The predicted molar refractivity (Wildman–Crippen MR) is 146 cm³/mol. The van der Waals surface area contributed by atoms with E-state index in [4.69, 9.17) is 16.3 Å². The number of ether oxygens (including phenoxy) is 1. The molecule has 5 nitrogen and oxygen atoms in total. The van der Waals surface area contributed by atoms with Crippen molar-refractivity contribution in [3.8, 4) is 5.75 Å². The Bertz CT molecular complexity index is 1200. The van der Waals surface area contributed by atoms with Crippen LogP contribution in [0.25, 0.3) is 10.9 Å². The van der Waals surface area contributed by atoms with E-state index in [9.17, 15) is 4.79 Å². The van der Waals surface area contributed by atoms with Crippen LogP contribution in [0, 0.1) is 11.8 Å². The normalized spacial score (nSPS) is 18.6. The first kappa shape index (κ1) is 25.2. The molecule has 2 aliphatic rings. The zero-order valence-electron chi connectivity index (χ0n) is 21.6. The number of carbonyl (C=O) groups is 1. The molecule has 2 aromatic carbocycles. The van der Waals surface area contributed by atoms with Crippen LogP contribution in [0.3, 0.4) is 0 Å². The second kappa shape index (κ2) is 11.3. The molecule has 1 N–H and O–H groups in total. The number of aromatic amines is 1. The van der Waals surface area contributed by atoms with Crippen molar-refractivity contribution in [2.24, 2.45) is 11.8 Å². The predicted octanol–water partition coefficient (Wildman–Crippen LogP) is 6.43. The number of benzene rings is 2. The number of aromatic nitrogens is 1. The van der Waals surface area contributed by atoms with Gasteiger partial charge in [0.05, 0.1) is 17.5 Å².